The normalized spacial score (nSPS) is 15.8. The molecule has 0 aliphatic carbocycles. The van der Waals surface area contributed by atoms with E-state index in [1.165, 1.54) is 4.90 Å². The average Bonchev–Trinajstić information content (AvgIpc) is 2.41. The Hall–Kier alpha value is -1.72. The van der Waals surface area contributed by atoms with Crippen molar-refractivity contribution in [2.24, 2.45) is 0 Å². The van der Waals surface area contributed by atoms with Crippen molar-refractivity contribution < 1.29 is 23.1 Å². The first-order valence-electron chi connectivity index (χ1n) is 5.68. The molecule has 6 heteroatoms. The van der Waals surface area contributed by atoms with E-state index in [4.69, 9.17) is 5.11 Å². The van der Waals surface area contributed by atoms with E-state index in [2.05, 4.69) is 0 Å². The van der Waals surface area contributed by atoms with Crippen LogP contribution in [0.25, 0.3) is 0 Å². The molecule has 1 saturated heterocycles. The van der Waals surface area contributed by atoms with E-state index in [0.717, 1.165) is 19.3 Å². The topological polar surface area (TPSA) is 40.5 Å². The van der Waals surface area contributed by atoms with Gasteiger partial charge in [0, 0.05) is 13.1 Å². The van der Waals surface area contributed by atoms with E-state index in [1.54, 1.807) is 0 Å². The fourth-order valence-electron chi connectivity index (χ4n) is 2.01. The highest BCUT2D eigenvalue weighted by atomic mass is 19.2. The maximum absolute atomic E-state index is 13.5. The fraction of sp³-hybridized carbons (Fsp3) is 0.417. The summed E-state index contributed by atoms with van der Waals surface area (Å²) in [5.74, 6) is -6.70. The first-order valence-corrected chi connectivity index (χ1v) is 5.68. The van der Waals surface area contributed by atoms with Crippen molar-refractivity contribution in [2.75, 3.05) is 13.1 Å². The molecule has 0 bridgehead atoms. The van der Waals surface area contributed by atoms with Crippen LogP contribution in [0.3, 0.4) is 0 Å². The first-order chi connectivity index (χ1) is 8.52. The van der Waals surface area contributed by atoms with Crippen LogP contribution in [0.15, 0.2) is 6.07 Å². The van der Waals surface area contributed by atoms with E-state index in [1.807, 2.05) is 0 Å². The summed E-state index contributed by atoms with van der Waals surface area (Å²) in [5.41, 5.74) is -0.631. The number of carbonyl (C=O) groups excluding carboxylic acids is 1. The minimum Gasteiger partial charge on any atom is -0.503 e. The first kappa shape index (κ1) is 12.7. The fourth-order valence-corrected chi connectivity index (χ4v) is 2.01. The zero-order valence-electron chi connectivity index (χ0n) is 9.55. The second-order valence-electron chi connectivity index (χ2n) is 4.24. The summed E-state index contributed by atoms with van der Waals surface area (Å²) in [5, 5.41) is 9.05. The van der Waals surface area contributed by atoms with Crippen LogP contribution < -0.4 is 0 Å². The van der Waals surface area contributed by atoms with Crippen LogP contribution in [0.1, 0.15) is 29.6 Å². The van der Waals surface area contributed by atoms with E-state index in [0.29, 0.717) is 19.2 Å². The molecule has 0 saturated carbocycles. The number of piperidine rings is 1. The number of nitrogens with zero attached hydrogens (tertiary/aromatic N) is 1. The molecule has 1 aliphatic rings. The van der Waals surface area contributed by atoms with Crippen molar-refractivity contribution in [1.82, 2.24) is 4.90 Å². The van der Waals surface area contributed by atoms with Crippen LogP contribution in [0, 0.1) is 17.5 Å². The van der Waals surface area contributed by atoms with Gasteiger partial charge in [-0.05, 0) is 25.3 Å². The summed E-state index contributed by atoms with van der Waals surface area (Å²) in [7, 11) is 0. The number of halogens is 3. The molecule has 0 radical (unpaired) electrons. The lowest BCUT2D eigenvalue weighted by Gasteiger charge is -2.26. The molecule has 18 heavy (non-hydrogen) atoms. The summed E-state index contributed by atoms with van der Waals surface area (Å²) in [6, 6.07) is 0.487. The third-order valence-corrected chi connectivity index (χ3v) is 3.01. The molecule has 0 atom stereocenters. The van der Waals surface area contributed by atoms with Gasteiger partial charge in [-0.15, -0.1) is 0 Å². The minimum atomic E-state index is -1.68. The number of hydrogen-bond donors (Lipinski definition) is 1. The third-order valence-electron chi connectivity index (χ3n) is 3.01. The Balaban J connectivity index is 2.35. The molecule has 1 amide bonds. The molecule has 98 valence electrons. The smallest absolute Gasteiger partial charge is 0.257 e. The lowest BCUT2D eigenvalue weighted by Crippen LogP contribution is -2.36. The van der Waals surface area contributed by atoms with Crippen LogP contribution >= 0.6 is 0 Å². The maximum Gasteiger partial charge on any atom is 0.257 e. The summed E-state index contributed by atoms with van der Waals surface area (Å²) in [4.78, 5) is 13.3. The Bertz CT molecular complexity index is 485. The highest BCUT2D eigenvalue weighted by Crippen LogP contribution is 2.27. The average molecular weight is 259 g/mol. The minimum absolute atomic E-state index is 0.456. The van der Waals surface area contributed by atoms with Crippen LogP contribution in [0.4, 0.5) is 13.2 Å². The summed E-state index contributed by atoms with van der Waals surface area (Å²) >= 11 is 0. The molecular weight excluding hydrogens is 247 g/mol. The second-order valence-corrected chi connectivity index (χ2v) is 4.24. The molecule has 2 rings (SSSR count). The molecule has 3 nitrogen and oxygen atoms in total. The highest BCUT2D eigenvalue weighted by Gasteiger charge is 2.26. The van der Waals surface area contributed by atoms with Gasteiger partial charge in [0.05, 0.1) is 5.56 Å². The number of aromatic hydroxyl groups is 1. The molecule has 1 aliphatic heterocycles. The lowest BCUT2D eigenvalue weighted by molar-refractivity contribution is 0.0717. The van der Waals surface area contributed by atoms with Crippen molar-refractivity contribution in [3.8, 4) is 5.75 Å². The van der Waals surface area contributed by atoms with E-state index < -0.39 is 34.7 Å². The van der Waals surface area contributed by atoms with Gasteiger partial charge in [0.1, 0.15) is 0 Å². The maximum atomic E-state index is 13.5. The predicted molar refractivity (Wildman–Crippen MR) is 57.7 cm³/mol. The summed E-state index contributed by atoms with van der Waals surface area (Å²) in [6.45, 7) is 0.913. The SMILES string of the molecule is O=C(c1cc(F)c(F)c(O)c1F)N1CCCCC1. The molecule has 1 fully saturated rings. The number of carbonyl (C=O) groups is 1. The number of amides is 1. The Morgan fingerprint density at radius 1 is 1.11 bits per heavy atom. The van der Waals surface area contributed by atoms with Crippen LogP contribution in [-0.2, 0) is 0 Å². The van der Waals surface area contributed by atoms with Gasteiger partial charge >= 0.3 is 0 Å². The van der Waals surface area contributed by atoms with Gasteiger partial charge in [-0.2, -0.15) is 4.39 Å². The zero-order chi connectivity index (χ0) is 13.3. The molecule has 1 aromatic carbocycles. The van der Waals surface area contributed by atoms with Crippen molar-refractivity contribution in [3.05, 3.63) is 29.1 Å². The lowest BCUT2D eigenvalue weighted by atomic mass is 10.1. The largest absolute Gasteiger partial charge is 0.503 e. The molecule has 0 aromatic heterocycles. The molecule has 0 unspecified atom stereocenters. The van der Waals surface area contributed by atoms with E-state index >= 15 is 0 Å². The molecule has 1 N–H and O–H groups in total. The van der Waals surface area contributed by atoms with Crippen LogP contribution in [0.2, 0.25) is 0 Å². The Labute approximate surface area is 102 Å². The quantitative estimate of drug-likeness (QED) is 0.787. The number of hydrogen-bond acceptors (Lipinski definition) is 2. The molecular formula is C12H12F3NO2. The highest BCUT2D eigenvalue weighted by molar-refractivity contribution is 5.95. The van der Waals surface area contributed by atoms with Crippen molar-refractivity contribution in [1.29, 1.82) is 0 Å². The van der Waals surface area contributed by atoms with Crippen LogP contribution in [-0.4, -0.2) is 29.0 Å². The van der Waals surface area contributed by atoms with Gasteiger partial charge < -0.3 is 10.0 Å². The summed E-state index contributed by atoms with van der Waals surface area (Å²) < 4.78 is 39.5. The number of benzene rings is 1. The summed E-state index contributed by atoms with van der Waals surface area (Å²) in [6.07, 6.45) is 2.57. The number of phenolic OH excluding ortho intramolecular Hbond substituents is 1. The third kappa shape index (κ3) is 2.14. The van der Waals surface area contributed by atoms with E-state index in [9.17, 15) is 18.0 Å². The van der Waals surface area contributed by atoms with Gasteiger partial charge in [0.15, 0.2) is 17.4 Å². The van der Waals surface area contributed by atoms with Gasteiger partial charge in [0.25, 0.3) is 5.91 Å². The standard InChI is InChI=1S/C12H12F3NO2/c13-8-6-7(9(14)11(17)10(8)15)12(18)16-4-2-1-3-5-16/h6,17H,1-5H2. The van der Waals surface area contributed by atoms with E-state index in [-0.39, 0.29) is 0 Å². The van der Waals surface area contributed by atoms with Gasteiger partial charge in [-0.3, -0.25) is 4.79 Å². The van der Waals surface area contributed by atoms with Crippen molar-refractivity contribution >= 4 is 5.91 Å². The Kier molecular flexibility index (Phi) is 3.45. The second kappa shape index (κ2) is 4.88. The Morgan fingerprint density at radius 2 is 1.72 bits per heavy atom. The van der Waals surface area contributed by atoms with Gasteiger partial charge in [0.2, 0.25) is 5.82 Å². The predicted octanol–water partition coefficient (Wildman–Crippen LogP) is 2.44. The molecule has 1 heterocycles. The van der Waals surface area contributed by atoms with Gasteiger partial charge in [-0.25, -0.2) is 8.78 Å². The molecule has 1 aromatic rings. The number of likely N-dealkylation sites (tertiary alicyclic amines) is 1. The molecule has 0 spiro atoms. The number of phenols is 1. The van der Waals surface area contributed by atoms with Crippen molar-refractivity contribution in [2.45, 2.75) is 19.3 Å². The van der Waals surface area contributed by atoms with Crippen molar-refractivity contribution in [3.63, 3.8) is 0 Å². The van der Waals surface area contributed by atoms with Gasteiger partial charge in [-0.1, -0.05) is 0 Å². The Morgan fingerprint density at radius 3 is 2.33 bits per heavy atom. The number of rotatable bonds is 1. The van der Waals surface area contributed by atoms with Crippen LogP contribution in [0.5, 0.6) is 5.75 Å². The monoisotopic (exact) mass is 259 g/mol. The zero-order valence-corrected chi connectivity index (χ0v) is 9.55.